The van der Waals surface area contributed by atoms with Gasteiger partial charge >= 0.3 is 0 Å². The van der Waals surface area contributed by atoms with E-state index in [1.54, 1.807) is 42.5 Å². The summed E-state index contributed by atoms with van der Waals surface area (Å²) in [6.07, 6.45) is 0. The topological polar surface area (TPSA) is 58.2 Å². The maximum absolute atomic E-state index is 12.2. The molecular weight excluding hydrogens is 335 g/mol. The SMILES string of the molecule is CC(C)NC(=O)c1ccc(C(=O)Nc2cccc(Cl)c2Cl)cc1. The largest absolute Gasteiger partial charge is 0.350 e. The number of anilines is 1. The number of rotatable bonds is 4. The summed E-state index contributed by atoms with van der Waals surface area (Å²) >= 11 is 12.0. The van der Waals surface area contributed by atoms with E-state index in [4.69, 9.17) is 23.2 Å². The second-order valence-electron chi connectivity index (χ2n) is 5.26. The molecule has 6 heteroatoms. The predicted molar refractivity (Wildman–Crippen MR) is 93.5 cm³/mol. The van der Waals surface area contributed by atoms with Crippen molar-refractivity contribution >= 4 is 40.7 Å². The Balaban J connectivity index is 2.11. The van der Waals surface area contributed by atoms with Crippen LogP contribution in [0.4, 0.5) is 5.69 Å². The highest BCUT2D eigenvalue weighted by Crippen LogP contribution is 2.29. The van der Waals surface area contributed by atoms with Gasteiger partial charge in [-0.3, -0.25) is 9.59 Å². The molecule has 0 atom stereocenters. The Morgan fingerprint density at radius 3 is 2.04 bits per heavy atom. The van der Waals surface area contributed by atoms with Gasteiger partial charge < -0.3 is 10.6 Å². The van der Waals surface area contributed by atoms with Crippen molar-refractivity contribution in [2.45, 2.75) is 19.9 Å². The lowest BCUT2D eigenvalue weighted by Gasteiger charge is -2.10. The zero-order valence-electron chi connectivity index (χ0n) is 12.7. The van der Waals surface area contributed by atoms with Crippen molar-refractivity contribution in [2.24, 2.45) is 0 Å². The fourth-order valence-corrected chi connectivity index (χ4v) is 2.26. The van der Waals surface area contributed by atoms with Gasteiger partial charge in [0.05, 0.1) is 15.7 Å². The van der Waals surface area contributed by atoms with Crippen molar-refractivity contribution in [3.63, 3.8) is 0 Å². The zero-order valence-corrected chi connectivity index (χ0v) is 14.2. The molecule has 0 bridgehead atoms. The number of carbonyl (C=O) groups is 2. The van der Waals surface area contributed by atoms with Crippen LogP contribution in [0.15, 0.2) is 42.5 Å². The monoisotopic (exact) mass is 350 g/mol. The van der Waals surface area contributed by atoms with Crippen molar-refractivity contribution in [3.05, 3.63) is 63.6 Å². The van der Waals surface area contributed by atoms with Gasteiger partial charge in [0.1, 0.15) is 0 Å². The van der Waals surface area contributed by atoms with E-state index >= 15 is 0 Å². The van der Waals surface area contributed by atoms with E-state index in [0.717, 1.165) is 0 Å². The Hall–Kier alpha value is -2.04. The zero-order chi connectivity index (χ0) is 17.0. The highest BCUT2D eigenvalue weighted by molar-refractivity contribution is 6.44. The molecule has 0 saturated carbocycles. The first-order valence-electron chi connectivity index (χ1n) is 7.04. The quantitative estimate of drug-likeness (QED) is 0.859. The Kier molecular flexibility index (Phi) is 5.64. The number of hydrogen-bond acceptors (Lipinski definition) is 2. The van der Waals surface area contributed by atoms with Crippen LogP contribution in [0.1, 0.15) is 34.6 Å². The molecule has 0 aliphatic heterocycles. The normalized spacial score (nSPS) is 10.5. The number of benzene rings is 2. The maximum Gasteiger partial charge on any atom is 0.255 e. The van der Waals surface area contributed by atoms with Crippen LogP contribution in [0.5, 0.6) is 0 Å². The minimum atomic E-state index is -0.329. The van der Waals surface area contributed by atoms with E-state index in [1.165, 1.54) is 0 Å². The van der Waals surface area contributed by atoms with Crippen molar-refractivity contribution in [2.75, 3.05) is 5.32 Å². The van der Waals surface area contributed by atoms with Gasteiger partial charge in [-0.1, -0.05) is 29.3 Å². The van der Waals surface area contributed by atoms with Gasteiger partial charge in [0.25, 0.3) is 11.8 Å². The smallest absolute Gasteiger partial charge is 0.255 e. The van der Waals surface area contributed by atoms with Crippen LogP contribution in [0.2, 0.25) is 10.0 Å². The van der Waals surface area contributed by atoms with Crippen LogP contribution < -0.4 is 10.6 Å². The fourth-order valence-electron chi connectivity index (χ4n) is 1.91. The average Bonchev–Trinajstić information content (AvgIpc) is 2.51. The maximum atomic E-state index is 12.2. The molecule has 0 aromatic heterocycles. The van der Waals surface area contributed by atoms with Gasteiger partial charge in [-0.05, 0) is 50.2 Å². The first kappa shape index (κ1) is 17.3. The van der Waals surface area contributed by atoms with Crippen molar-refractivity contribution in [1.82, 2.24) is 5.32 Å². The van der Waals surface area contributed by atoms with E-state index in [9.17, 15) is 9.59 Å². The molecule has 2 aromatic carbocycles. The summed E-state index contributed by atoms with van der Waals surface area (Å²) in [5.41, 5.74) is 1.35. The van der Waals surface area contributed by atoms with Crippen molar-refractivity contribution in [1.29, 1.82) is 0 Å². The van der Waals surface area contributed by atoms with E-state index in [2.05, 4.69) is 10.6 Å². The van der Waals surface area contributed by atoms with Gasteiger partial charge in [0.2, 0.25) is 0 Å². The van der Waals surface area contributed by atoms with Gasteiger partial charge in [-0.2, -0.15) is 0 Å². The highest BCUT2D eigenvalue weighted by atomic mass is 35.5. The van der Waals surface area contributed by atoms with E-state index in [-0.39, 0.29) is 22.9 Å². The van der Waals surface area contributed by atoms with E-state index < -0.39 is 0 Å². The van der Waals surface area contributed by atoms with E-state index in [0.29, 0.717) is 21.8 Å². The molecule has 0 aliphatic carbocycles. The van der Waals surface area contributed by atoms with Crippen molar-refractivity contribution < 1.29 is 9.59 Å². The van der Waals surface area contributed by atoms with Crippen LogP contribution in [0, 0.1) is 0 Å². The summed E-state index contributed by atoms with van der Waals surface area (Å²) in [6.45, 7) is 3.77. The number of carbonyl (C=O) groups excluding carboxylic acids is 2. The molecule has 0 spiro atoms. The van der Waals surface area contributed by atoms with Gasteiger partial charge in [0, 0.05) is 17.2 Å². The van der Waals surface area contributed by atoms with E-state index in [1.807, 2.05) is 13.8 Å². The van der Waals surface area contributed by atoms with Crippen LogP contribution in [0.3, 0.4) is 0 Å². The van der Waals surface area contributed by atoms with Gasteiger partial charge in [-0.15, -0.1) is 0 Å². The van der Waals surface area contributed by atoms with Gasteiger partial charge in [0.15, 0.2) is 0 Å². The minimum Gasteiger partial charge on any atom is -0.350 e. The lowest BCUT2D eigenvalue weighted by atomic mass is 10.1. The summed E-state index contributed by atoms with van der Waals surface area (Å²) in [5, 5.41) is 6.14. The standard InChI is InChI=1S/C17H16Cl2N2O2/c1-10(2)20-16(22)11-6-8-12(9-7-11)17(23)21-14-5-3-4-13(18)15(14)19/h3-10H,1-2H3,(H,20,22)(H,21,23). The first-order chi connectivity index (χ1) is 10.9. The Labute approximate surface area is 144 Å². The molecule has 2 aromatic rings. The Morgan fingerprint density at radius 1 is 0.913 bits per heavy atom. The molecule has 0 unspecified atom stereocenters. The Bertz CT molecular complexity index is 728. The van der Waals surface area contributed by atoms with Crippen LogP contribution in [-0.2, 0) is 0 Å². The third-order valence-corrected chi connectivity index (χ3v) is 3.85. The third-order valence-electron chi connectivity index (χ3n) is 3.03. The van der Waals surface area contributed by atoms with Crippen LogP contribution in [-0.4, -0.2) is 17.9 Å². The van der Waals surface area contributed by atoms with Gasteiger partial charge in [-0.25, -0.2) is 0 Å². The van der Waals surface area contributed by atoms with Crippen LogP contribution >= 0.6 is 23.2 Å². The number of hydrogen-bond donors (Lipinski definition) is 2. The van der Waals surface area contributed by atoms with Crippen molar-refractivity contribution in [3.8, 4) is 0 Å². The summed E-state index contributed by atoms with van der Waals surface area (Å²) in [4.78, 5) is 24.1. The molecule has 0 fully saturated rings. The molecule has 0 heterocycles. The molecule has 4 nitrogen and oxygen atoms in total. The Morgan fingerprint density at radius 2 is 1.48 bits per heavy atom. The molecule has 2 N–H and O–H groups in total. The first-order valence-corrected chi connectivity index (χ1v) is 7.80. The second-order valence-corrected chi connectivity index (χ2v) is 6.05. The third kappa shape index (κ3) is 4.47. The fraction of sp³-hybridized carbons (Fsp3) is 0.176. The average molecular weight is 351 g/mol. The summed E-state index contributed by atoms with van der Waals surface area (Å²) < 4.78 is 0. The molecule has 0 radical (unpaired) electrons. The molecule has 120 valence electrons. The molecule has 0 saturated heterocycles. The highest BCUT2D eigenvalue weighted by Gasteiger charge is 2.12. The molecule has 2 rings (SSSR count). The minimum absolute atomic E-state index is 0.0513. The number of nitrogens with one attached hydrogen (secondary N) is 2. The summed E-state index contributed by atoms with van der Waals surface area (Å²) in [6, 6.07) is 11.4. The summed E-state index contributed by atoms with van der Waals surface area (Å²) in [5.74, 6) is -0.505. The molecule has 23 heavy (non-hydrogen) atoms. The second kappa shape index (κ2) is 7.49. The molecule has 0 aliphatic rings. The van der Waals surface area contributed by atoms with Crippen LogP contribution in [0.25, 0.3) is 0 Å². The predicted octanol–water partition coefficient (Wildman–Crippen LogP) is 4.38. The lowest BCUT2D eigenvalue weighted by Crippen LogP contribution is -2.30. The summed E-state index contributed by atoms with van der Waals surface area (Å²) in [7, 11) is 0. The number of halogens is 2. The number of amides is 2. The molecule has 2 amide bonds. The lowest BCUT2D eigenvalue weighted by molar-refractivity contribution is 0.0941. The molecular formula is C17H16Cl2N2O2.